The molecule has 0 spiro atoms. The Morgan fingerprint density at radius 2 is 1.17 bits per heavy atom. The Hall–Kier alpha value is -1.50. The second-order valence-electron chi connectivity index (χ2n) is 8.94. The van der Waals surface area contributed by atoms with E-state index in [0.29, 0.717) is 13.0 Å². The first kappa shape index (κ1) is 23.8. The van der Waals surface area contributed by atoms with E-state index in [0.717, 1.165) is 12.8 Å². The molecule has 0 bridgehead atoms. The van der Waals surface area contributed by atoms with E-state index in [9.17, 15) is 15.3 Å². The topological polar surface area (TPSA) is 69.9 Å². The Morgan fingerprint density at radius 3 is 1.55 bits per heavy atom. The van der Waals surface area contributed by atoms with Crippen LogP contribution in [0.15, 0.2) is 60.7 Å². The first-order valence-corrected chi connectivity index (χ1v) is 12.3. The van der Waals surface area contributed by atoms with Crippen LogP contribution < -0.4 is 10.4 Å². The van der Waals surface area contributed by atoms with Crippen LogP contribution in [0.25, 0.3) is 0 Å². The summed E-state index contributed by atoms with van der Waals surface area (Å²) in [6, 6.07) is 21.1. The van der Waals surface area contributed by atoms with Gasteiger partial charge in [0.2, 0.25) is 0 Å². The monoisotopic (exact) mass is 416 g/mol. The number of hydrogen-bond acceptors (Lipinski definition) is 4. The Kier molecular flexibility index (Phi) is 8.61. The molecule has 160 valence electrons. The normalized spacial score (nSPS) is 12.9. The Balaban J connectivity index is 2.23. The van der Waals surface area contributed by atoms with Crippen molar-refractivity contribution >= 4 is 18.7 Å². The lowest BCUT2D eigenvalue weighted by Gasteiger charge is -2.43. The summed E-state index contributed by atoms with van der Waals surface area (Å²) in [4.78, 5) is 0. The van der Waals surface area contributed by atoms with Crippen molar-refractivity contribution in [1.82, 2.24) is 0 Å². The maximum absolute atomic E-state index is 9.52. The number of benzene rings is 2. The summed E-state index contributed by atoms with van der Waals surface area (Å²) in [5, 5.41) is 31.0. The molecule has 2 rings (SSSR count). The third-order valence-corrected chi connectivity index (χ3v) is 10.9. The summed E-state index contributed by atoms with van der Waals surface area (Å²) in [7, 11) is -2.52. The molecule has 5 heteroatoms. The van der Waals surface area contributed by atoms with Crippen molar-refractivity contribution in [3.63, 3.8) is 0 Å². The smallest absolute Gasteiger partial charge is 0.261 e. The maximum atomic E-state index is 9.52. The van der Waals surface area contributed by atoms with Gasteiger partial charge in [0.15, 0.2) is 0 Å². The van der Waals surface area contributed by atoms with E-state index >= 15 is 0 Å². The van der Waals surface area contributed by atoms with Crippen molar-refractivity contribution in [3.8, 4) is 0 Å². The average molecular weight is 417 g/mol. The van der Waals surface area contributed by atoms with Gasteiger partial charge in [0.05, 0.1) is 19.8 Å². The van der Waals surface area contributed by atoms with Crippen molar-refractivity contribution in [1.29, 1.82) is 0 Å². The van der Waals surface area contributed by atoms with Crippen molar-refractivity contribution in [2.75, 3.05) is 26.4 Å². The van der Waals surface area contributed by atoms with Crippen LogP contribution in [0.5, 0.6) is 0 Å². The van der Waals surface area contributed by atoms with E-state index in [1.807, 2.05) is 12.1 Å². The van der Waals surface area contributed by atoms with Gasteiger partial charge in [-0.25, -0.2) is 0 Å². The Bertz CT molecular complexity index is 661. The largest absolute Gasteiger partial charge is 0.407 e. The minimum absolute atomic E-state index is 0.0548. The fourth-order valence-corrected chi connectivity index (χ4v) is 8.58. The van der Waals surface area contributed by atoms with E-state index in [1.54, 1.807) is 0 Å². The minimum atomic E-state index is -2.52. The zero-order valence-corrected chi connectivity index (χ0v) is 19.0. The Morgan fingerprint density at radius 1 is 0.724 bits per heavy atom. The summed E-state index contributed by atoms with van der Waals surface area (Å²) in [5.74, 6) is 0. The highest BCUT2D eigenvalue weighted by Gasteiger charge is 2.49. The van der Waals surface area contributed by atoms with Gasteiger partial charge in [-0.1, -0.05) is 87.9 Å². The zero-order chi connectivity index (χ0) is 21.4. The molecule has 4 nitrogen and oxygen atoms in total. The predicted molar refractivity (Wildman–Crippen MR) is 121 cm³/mol. The molecule has 0 atom stereocenters. The molecule has 0 aliphatic carbocycles. The number of aliphatic hydroxyl groups is 3. The summed E-state index contributed by atoms with van der Waals surface area (Å²) in [6.07, 6.45) is 2.16. The molecule has 2 aromatic carbocycles. The average Bonchev–Trinajstić information content (AvgIpc) is 2.74. The van der Waals surface area contributed by atoms with Gasteiger partial charge in [-0.2, -0.15) is 0 Å². The fraction of sp³-hybridized carbons (Fsp3) is 0.500. The van der Waals surface area contributed by atoms with Crippen LogP contribution in [-0.2, 0) is 4.43 Å². The van der Waals surface area contributed by atoms with Crippen LogP contribution in [0, 0.1) is 5.41 Å². The van der Waals surface area contributed by atoms with Crippen LogP contribution in [0.2, 0.25) is 5.04 Å². The van der Waals surface area contributed by atoms with E-state index in [-0.39, 0.29) is 24.9 Å². The summed E-state index contributed by atoms with van der Waals surface area (Å²) in [6.45, 7) is 6.74. The van der Waals surface area contributed by atoms with Gasteiger partial charge in [-0.15, -0.1) is 0 Å². The third-order valence-electron chi connectivity index (χ3n) is 5.84. The van der Waals surface area contributed by atoms with Crippen molar-refractivity contribution < 1.29 is 19.7 Å². The SMILES string of the molecule is CC(C)(C)[Si](OCCCCC(CO)(CO)CO)(c1ccccc1)c1ccccc1. The lowest BCUT2D eigenvalue weighted by atomic mass is 9.85. The molecule has 0 radical (unpaired) electrons. The quantitative estimate of drug-likeness (QED) is 0.389. The van der Waals surface area contributed by atoms with Crippen LogP contribution in [0.1, 0.15) is 40.0 Å². The summed E-state index contributed by atoms with van der Waals surface area (Å²) >= 11 is 0. The van der Waals surface area contributed by atoms with Crippen molar-refractivity contribution in [2.45, 2.75) is 45.1 Å². The molecule has 0 unspecified atom stereocenters. The highest BCUT2D eigenvalue weighted by Crippen LogP contribution is 2.37. The Labute approximate surface area is 176 Å². The van der Waals surface area contributed by atoms with Crippen molar-refractivity contribution in [2.24, 2.45) is 5.41 Å². The molecule has 0 amide bonds. The second kappa shape index (κ2) is 10.5. The van der Waals surface area contributed by atoms with Crippen LogP contribution in [-0.4, -0.2) is 50.1 Å². The van der Waals surface area contributed by atoms with Crippen LogP contribution in [0.3, 0.4) is 0 Å². The zero-order valence-electron chi connectivity index (χ0n) is 18.0. The molecule has 0 fully saturated rings. The molecule has 3 N–H and O–H groups in total. The van der Waals surface area contributed by atoms with E-state index in [1.165, 1.54) is 10.4 Å². The maximum Gasteiger partial charge on any atom is 0.261 e. The van der Waals surface area contributed by atoms with E-state index < -0.39 is 13.7 Å². The molecule has 0 heterocycles. The molecule has 0 aliphatic rings. The van der Waals surface area contributed by atoms with Gasteiger partial charge < -0.3 is 19.7 Å². The number of aliphatic hydroxyl groups excluding tert-OH is 3. The second-order valence-corrected chi connectivity index (χ2v) is 13.2. The van der Waals surface area contributed by atoms with E-state index in [4.69, 9.17) is 4.43 Å². The highest BCUT2D eigenvalue weighted by molar-refractivity contribution is 6.99. The minimum Gasteiger partial charge on any atom is -0.407 e. The molecule has 2 aromatic rings. The van der Waals surface area contributed by atoms with Gasteiger partial charge in [-0.3, -0.25) is 0 Å². The fourth-order valence-electron chi connectivity index (χ4n) is 3.98. The number of rotatable bonds is 11. The molecule has 0 saturated carbocycles. The van der Waals surface area contributed by atoms with Gasteiger partial charge in [-0.05, 0) is 28.3 Å². The van der Waals surface area contributed by atoms with Gasteiger partial charge >= 0.3 is 0 Å². The lowest BCUT2D eigenvalue weighted by molar-refractivity contribution is -0.00279. The molecular formula is C24H36O4Si. The first-order valence-electron chi connectivity index (χ1n) is 10.4. The molecule has 0 aromatic heterocycles. The molecule has 0 saturated heterocycles. The van der Waals surface area contributed by atoms with Gasteiger partial charge in [0.25, 0.3) is 8.32 Å². The molecule has 29 heavy (non-hydrogen) atoms. The predicted octanol–water partition coefficient (Wildman–Crippen LogP) is 2.70. The standard InChI is InChI=1S/C24H36O4Si/c1-23(2,3)29(21-12-6-4-7-13-21,22-14-8-5-9-15-22)28-17-11-10-16-24(18-25,19-26)20-27/h4-9,12-15,25-27H,10-11,16-20H2,1-3H3. The van der Waals surface area contributed by atoms with Gasteiger partial charge in [0, 0.05) is 12.0 Å². The number of hydrogen-bond donors (Lipinski definition) is 3. The first-order chi connectivity index (χ1) is 13.8. The van der Waals surface area contributed by atoms with Crippen LogP contribution in [0.4, 0.5) is 0 Å². The highest BCUT2D eigenvalue weighted by atomic mass is 28.4. The summed E-state index contributed by atoms with van der Waals surface area (Å²) in [5.41, 5.74) is -0.808. The lowest BCUT2D eigenvalue weighted by Crippen LogP contribution is -2.66. The molecule has 0 aliphatic heterocycles. The summed E-state index contributed by atoms with van der Waals surface area (Å²) < 4.78 is 6.83. The number of unbranched alkanes of at least 4 members (excludes halogenated alkanes) is 1. The van der Waals surface area contributed by atoms with Crippen molar-refractivity contribution in [3.05, 3.63) is 60.7 Å². The van der Waals surface area contributed by atoms with Gasteiger partial charge in [0.1, 0.15) is 0 Å². The molecular weight excluding hydrogens is 380 g/mol. The third kappa shape index (κ3) is 5.35. The van der Waals surface area contributed by atoms with E-state index in [2.05, 4.69) is 69.3 Å². The van der Waals surface area contributed by atoms with Crippen LogP contribution >= 0.6 is 0 Å².